The fourth-order valence-corrected chi connectivity index (χ4v) is 17.7. The van der Waals surface area contributed by atoms with E-state index in [0.717, 1.165) is 188 Å². The zero-order valence-corrected chi connectivity index (χ0v) is 76.6. The summed E-state index contributed by atoms with van der Waals surface area (Å²) in [5, 5.41) is 39.3. The van der Waals surface area contributed by atoms with Crippen LogP contribution in [0.15, 0.2) is 221 Å². The molecule has 18 aromatic rings. The summed E-state index contributed by atoms with van der Waals surface area (Å²) in [7, 11) is 7.52. The van der Waals surface area contributed by atoms with Crippen molar-refractivity contribution in [2.24, 2.45) is 51.9 Å². The van der Waals surface area contributed by atoms with Gasteiger partial charge in [0.25, 0.3) is 0 Å². The average Bonchev–Trinajstić information content (AvgIpc) is 1.69. The van der Waals surface area contributed by atoms with Crippen molar-refractivity contribution >= 4 is 113 Å². The Labute approximate surface area is 781 Å². The molecule has 0 aliphatic heterocycles. The van der Waals surface area contributed by atoms with Crippen LogP contribution in [0.4, 0.5) is 46.5 Å². The standard InChI is InChI=1S/C29H27N7O.C25H23N9O.2C24H25N7O/c1-17-8-9-31-24(10-18-6-4-3-5-7-18)27(17)25-11-19-12-26(32-15-23(19)28(30)34-25)35-29(37)22-13-21(22)20-14-33-36(2)16-20;1-14-6-23(34-5-3-4-29-34)28-11-19(14)21-7-15-8-22(27-12-20(15)24(26)31-21)32-25(35)18-9-17(18)16-10-30-33(2)13-16;2*1-4-16-5-13(2)19(10-26-16)21-6-14-7-22(27-11-20(14)23(25)29-21)30-24(32)18-8-17(18)15-9-28-31(3)12-15/h3-9,11-12,14-16,21-22H,10,13H2,1-2H3,(H2,30,34)(H,32,35,37);3-8,10-13,17-18H,9H2,1-2H3,(H2,26,31)(H,27,32,35);2*5-7,9-12,17-18H,4,8H2,1-3H3,(H2,25,29)(H,27,30,32)/t21-,22+;3*17-,18+/m0110/s1. The molecule has 34 heteroatoms. The fourth-order valence-electron chi connectivity index (χ4n) is 17.7. The molecule has 1 aromatic carbocycles. The minimum atomic E-state index is -0.0724. The molecule has 4 aliphatic carbocycles. The van der Waals surface area contributed by atoms with Crippen LogP contribution in [0, 0.1) is 51.4 Å². The van der Waals surface area contributed by atoms with Gasteiger partial charge >= 0.3 is 0 Å². The van der Waals surface area contributed by atoms with E-state index in [1.807, 2.05) is 208 Å². The van der Waals surface area contributed by atoms with Crippen molar-refractivity contribution in [2.45, 2.75) is 110 Å². The van der Waals surface area contributed by atoms with Gasteiger partial charge < -0.3 is 44.2 Å². The molecule has 4 fully saturated rings. The topological polar surface area (TPSA) is 464 Å². The molecule has 8 atom stereocenters. The Morgan fingerprint density at radius 1 is 0.360 bits per heavy atom. The van der Waals surface area contributed by atoms with Gasteiger partial charge in [-0.25, -0.2) is 49.5 Å². The number of nitrogens with two attached hydrogens (primary N) is 4. The molecule has 4 amide bonds. The molecule has 17 aromatic heterocycles. The number of nitrogens with zero attached hydrogens (tertiary/aromatic N) is 22. The SMILES string of the molecule is CCc1cc(C)c(-c2cc3cc(NC(=O)[C@@H]4C[C@H]4c4cnn(C)c4)ncc3c(N)n2)cn1.CCc1cc(C)c(-c2cc3cc(NC(=O)[C@H]4C[C@@H]4c4cnn(C)c4)ncc3c(N)n2)cn1.Cc1cc(-n2cccn2)ncc1-c1cc2cc(NC(=O)[C@H]3C[C@@H]3c3cnn(C)c3)ncc2c(N)n1.Cc1ccnc(Cc2ccccc2)c1-c1cc2cc(NC(=O)[C@@H]3C[C@H]3c3cnn(C)c3)ncc2c(N)n1. The molecule has 0 radical (unpaired) electrons. The zero-order valence-electron chi connectivity index (χ0n) is 76.6. The number of benzene rings is 1. The number of carbonyl (C=O) groups is 4. The van der Waals surface area contributed by atoms with E-state index in [0.29, 0.717) is 58.7 Å². The maximum absolute atomic E-state index is 12.9. The van der Waals surface area contributed by atoms with Gasteiger partial charge in [0.1, 0.15) is 46.5 Å². The molecule has 22 rings (SSSR count). The summed E-state index contributed by atoms with van der Waals surface area (Å²) in [6.07, 6.45) is 38.4. The zero-order chi connectivity index (χ0) is 94.4. The predicted octanol–water partition coefficient (Wildman–Crippen LogP) is 15.1. The second-order valence-electron chi connectivity index (χ2n) is 35.4. The lowest BCUT2D eigenvalue weighted by molar-refractivity contribution is -0.118. The molecule has 0 bridgehead atoms. The lowest BCUT2D eigenvalue weighted by Gasteiger charge is -2.14. The van der Waals surface area contributed by atoms with Gasteiger partial charge in [0.15, 0.2) is 5.82 Å². The Hall–Kier alpha value is -16.8. The number of aromatic nitrogens is 22. The van der Waals surface area contributed by atoms with Gasteiger partial charge in [-0.1, -0.05) is 44.2 Å². The molecule has 682 valence electrons. The average molecular weight is 1810 g/mol. The van der Waals surface area contributed by atoms with Gasteiger partial charge in [-0.15, -0.1) is 0 Å². The first kappa shape index (κ1) is 88.5. The lowest BCUT2D eigenvalue weighted by atomic mass is 9.98. The molecule has 4 aliphatic rings. The maximum atomic E-state index is 12.9. The normalized spacial score (nSPS) is 17.1. The lowest BCUT2D eigenvalue weighted by Crippen LogP contribution is -2.15. The maximum Gasteiger partial charge on any atom is 0.229 e. The summed E-state index contributed by atoms with van der Waals surface area (Å²) >= 11 is 0. The first-order valence-corrected chi connectivity index (χ1v) is 45.1. The Morgan fingerprint density at radius 2 is 0.706 bits per heavy atom. The fraction of sp³-hybridized carbons (Fsp3) is 0.245. The van der Waals surface area contributed by atoms with Gasteiger partial charge in [-0.2, -0.15) is 25.5 Å². The highest BCUT2D eigenvalue weighted by molar-refractivity contribution is 6.03. The van der Waals surface area contributed by atoms with Gasteiger partial charge in [0.2, 0.25) is 23.6 Å². The van der Waals surface area contributed by atoms with E-state index in [-0.39, 0.29) is 71.0 Å². The smallest absolute Gasteiger partial charge is 0.229 e. The van der Waals surface area contributed by atoms with Crippen LogP contribution in [-0.2, 0) is 66.6 Å². The highest BCUT2D eigenvalue weighted by Gasteiger charge is 2.48. The first-order chi connectivity index (χ1) is 65.8. The number of hydrogen-bond donors (Lipinski definition) is 8. The summed E-state index contributed by atoms with van der Waals surface area (Å²) in [5.41, 5.74) is 44.6. The summed E-state index contributed by atoms with van der Waals surface area (Å²) in [6.45, 7) is 12.3. The van der Waals surface area contributed by atoms with E-state index in [1.165, 1.54) is 5.56 Å². The highest BCUT2D eigenvalue weighted by atomic mass is 16.2. The van der Waals surface area contributed by atoms with Crippen LogP contribution in [0.1, 0.15) is 130 Å². The van der Waals surface area contributed by atoms with E-state index in [1.54, 1.807) is 60.6 Å². The Bertz CT molecular complexity index is 7470. The van der Waals surface area contributed by atoms with Crippen molar-refractivity contribution in [1.29, 1.82) is 0 Å². The largest absolute Gasteiger partial charge is 0.383 e. The van der Waals surface area contributed by atoms with Crippen LogP contribution >= 0.6 is 0 Å². The van der Waals surface area contributed by atoms with E-state index < -0.39 is 0 Å². The van der Waals surface area contributed by atoms with Crippen LogP contribution in [0.2, 0.25) is 0 Å². The van der Waals surface area contributed by atoms with Crippen LogP contribution in [0.25, 0.3) is 93.9 Å². The predicted molar refractivity (Wildman–Crippen MR) is 524 cm³/mol. The molecule has 0 unspecified atom stereocenters. The molecule has 0 spiro atoms. The summed E-state index contributed by atoms with van der Waals surface area (Å²) in [5.74, 6) is 4.77. The number of aryl methyl sites for hydroxylation is 10. The van der Waals surface area contributed by atoms with E-state index in [9.17, 15) is 19.2 Å². The molecule has 0 saturated heterocycles. The second-order valence-corrected chi connectivity index (χ2v) is 35.4. The minimum absolute atomic E-state index is 0.0249. The van der Waals surface area contributed by atoms with Gasteiger partial charge in [0, 0.05) is 200 Å². The number of carbonyl (C=O) groups excluding carboxylic acids is 4. The van der Waals surface area contributed by atoms with Gasteiger partial charge in [-0.05, 0) is 240 Å². The third kappa shape index (κ3) is 19.2. The number of hydrogen-bond acceptors (Lipinski definition) is 25. The third-order valence-corrected chi connectivity index (χ3v) is 25.5. The van der Waals surface area contributed by atoms with Crippen molar-refractivity contribution in [1.82, 2.24) is 109 Å². The number of fused-ring (bicyclic) bond motifs is 4. The molecular formula is C102H100N30O4. The highest BCUT2D eigenvalue weighted by Crippen LogP contribution is 2.51. The molecule has 4 saturated carbocycles. The molecular weight excluding hydrogens is 1710 g/mol. The van der Waals surface area contributed by atoms with Crippen LogP contribution in [-0.4, -0.2) is 132 Å². The number of pyridine rings is 12. The molecule has 34 nitrogen and oxygen atoms in total. The van der Waals surface area contributed by atoms with Crippen molar-refractivity contribution < 1.29 is 19.2 Å². The van der Waals surface area contributed by atoms with Crippen LogP contribution in [0.3, 0.4) is 0 Å². The molecule has 136 heavy (non-hydrogen) atoms. The van der Waals surface area contributed by atoms with Gasteiger partial charge in [0.05, 0.1) is 53.3 Å². The number of anilines is 8. The number of nitrogen functional groups attached to an aromatic ring is 4. The molecule has 17 heterocycles. The number of nitrogens with one attached hydrogen (secondary N) is 4. The van der Waals surface area contributed by atoms with Crippen molar-refractivity contribution in [3.05, 3.63) is 288 Å². The van der Waals surface area contributed by atoms with Crippen LogP contribution in [0.5, 0.6) is 0 Å². The minimum Gasteiger partial charge on any atom is -0.383 e. The Kier molecular flexibility index (Phi) is 24.1. The number of rotatable bonds is 21. The number of amides is 4. The van der Waals surface area contributed by atoms with E-state index in [2.05, 4.69) is 147 Å². The monoisotopic (exact) mass is 1810 g/mol. The first-order valence-electron chi connectivity index (χ1n) is 45.1. The summed E-state index contributed by atoms with van der Waals surface area (Å²) in [6, 6.07) is 35.4. The van der Waals surface area contributed by atoms with Crippen LogP contribution < -0.4 is 44.2 Å². The summed E-state index contributed by atoms with van der Waals surface area (Å²) < 4.78 is 8.75. The second kappa shape index (κ2) is 37.1. The van der Waals surface area contributed by atoms with Gasteiger partial charge in [-0.3, -0.25) is 52.9 Å². The Morgan fingerprint density at radius 3 is 1.03 bits per heavy atom. The van der Waals surface area contributed by atoms with E-state index >= 15 is 0 Å². The van der Waals surface area contributed by atoms with Crippen molar-refractivity contribution in [3.63, 3.8) is 0 Å². The van der Waals surface area contributed by atoms with Crippen molar-refractivity contribution in [2.75, 3.05) is 44.2 Å². The third-order valence-electron chi connectivity index (χ3n) is 25.5. The quantitative estimate of drug-likeness (QED) is 0.0331. The van der Waals surface area contributed by atoms with E-state index in [4.69, 9.17) is 27.9 Å². The Balaban J connectivity index is 0.000000116. The van der Waals surface area contributed by atoms with Crippen molar-refractivity contribution in [3.8, 4) is 50.8 Å². The molecule has 12 N–H and O–H groups in total. The summed E-state index contributed by atoms with van der Waals surface area (Å²) in [4.78, 5) is 105.